The van der Waals surface area contributed by atoms with Crippen LogP contribution in [0.2, 0.25) is 5.02 Å². The van der Waals surface area contributed by atoms with Crippen LogP contribution in [0.5, 0.6) is 0 Å². The van der Waals surface area contributed by atoms with Crippen molar-refractivity contribution >= 4 is 23.5 Å². The molecule has 0 radical (unpaired) electrons. The maximum absolute atomic E-state index is 11.4. The monoisotopic (exact) mass is 267 g/mol. The molecule has 4 nitrogen and oxygen atoms in total. The fourth-order valence-corrected chi connectivity index (χ4v) is 1.30. The highest BCUT2D eigenvalue weighted by molar-refractivity contribution is 6.30. The van der Waals surface area contributed by atoms with Gasteiger partial charge in [0.2, 0.25) is 0 Å². The van der Waals surface area contributed by atoms with Crippen LogP contribution in [-0.4, -0.2) is 18.5 Å². The van der Waals surface area contributed by atoms with Gasteiger partial charge >= 0.3 is 5.97 Å². The molecule has 0 bridgehead atoms. The minimum Gasteiger partial charge on any atom is -0.452 e. The Bertz CT molecular complexity index is 440. The van der Waals surface area contributed by atoms with Crippen LogP contribution >= 0.6 is 11.6 Å². The third kappa shape index (κ3) is 5.50. The number of ether oxygens (including phenoxy) is 1. The van der Waals surface area contributed by atoms with Gasteiger partial charge in [-0.3, -0.25) is 4.79 Å². The van der Waals surface area contributed by atoms with Crippen molar-refractivity contribution in [2.45, 2.75) is 13.5 Å². The molecule has 0 aliphatic carbocycles. The quantitative estimate of drug-likeness (QED) is 0.656. The van der Waals surface area contributed by atoms with E-state index in [9.17, 15) is 9.59 Å². The Labute approximate surface area is 111 Å². The molecule has 1 amide bonds. The zero-order valence-corrected chi connectivity index (χ0v) is 10.7. The van der Waals surface area contributed by atoms with Crippen molar-refractivity contribution in [3.05, 3.63) is 47.0 Å². The molecule has 0 aromatic heterocycles. The summed E-state index contributed by atoms with van der Waals surface area (Å²) in [7, 11) is 0. The van der Waals surface area contributed by atoms with Crippen LogP contribution in [0.1, 0.15) is 12.5 Å². The summed E-state index contributed by atoms with van der Waals surface area (Å²) in [6.07, 6.45) is 2.81. The number of halogens is 1. The van der Waals surface area contributed by atoms with Crippen molar-refractivity contribution in [1.82, 2.24) is 5.32 Å². The van der Waals surface area contributed by atoms with E-state index in [-0.39, 0.29) is 12.5 Å². The average Bonchev–Trinajstić information content (AvgIpc) is 2.36. The molecule has 5 heteroatoms. The Hall–Kier alpha value is -1.81. The largest absolute Gasteiger partial charge is 0.452 e. The normalized spacial score (nSPS) is 10.3. The lowest BCUT2D eigenvalue weighted by Gasteiger charge is -2.05. The molecule has 96 valence electrons. The van der Waals surface area contributed by atoms with Crippen LogP contribution in [0.4, 0.5) is 0 Å². The van der Waals surface area contributed by atoms with Crippen LogP contribution in [0.25, 0.3) is 0 Å². The molecule has 18 heavy (non-hydrogen) atoms. The summed E-state index contributed by atoms with van der Waals surface area (Å²) in [5, 5.41) is 3.28. The molecule has 1 aromatic rings. The Balaban J connectivity index is 2.29. The van der Waals surface area contributed by atoms with Gasteiger partial charge in [-0.1, -0.05) is 29.8 Å². The summed E-state index contributed by atoms with van der Waals surface area (Å²) in [4.78, 5) is 22.3. The van der Waals surface area contributed by atoms with Crippen molar-refractivity contribution in [1.29, 1.82) is 0 Å². The first-order valence-corrected chi connectivity index (χ1v) is 5.80. The van der Waals surface area contributed by atoms with Gasteiger partial charge in [0.25, 0.3) is 5.91 Å². The summed E-state index contributed by atoms with van der Waals surface area (Å²) in [6, 6.07) is 7.12. The van der Waals surface area contributed by atoms with Gasteiger partial charge in [0.05, 0.1) is 0 Å². The van der Waals surface area contributed by atoms with E-state index in [2.05, 4.69) is 5.32 Å². The van der Waals surface area contributed by atoms with Gasteiger partial charge in [-0.25, -0.2) is 4.79 Å². The van der Waals surface area contributed by atoms with Gasteiger partial charge in [0.1, 0.15) is 0 Å². The number of nitrogens with one attached hydrogen (secondary N) is 1. The van der Waals surface area contributed by atoms with Crippen LogP contribution in [0.15, 0.2) is 36.4 Å². The summed E-state index contributed by atoms with van der Waals surface area (Å²) >= 11 is 5.74. The topological polar surface area (TPSA) is 55.4 Å². The number of carbonyl (C=O) groups excluding carboxylic acids is 2. The zero-order chi connectivity index (χ0) is 13.4. The predicted molar refractivity (Wildman–Crippen MR) is 69.1 cm³/mol. The molecular formula is C13H14ClNO3. The lowest BCUT2D eigenvalue weighted by Crippen LogP contribution is -2.28. The molecule has 0 saturated carbocycles. The molecule has 0 fully saturated rings. The van der Waals surface area contributed by atoms with Crippen LogP contribution in [-0.2, 0) is 20.9 Å². The maximum atomic E-state index is 11.4. The van der Waals surface area contributed by atoms with Crippen molar-refractivity contribution in [2.24, 2.45) is 0 Å². The van der Waals surface area contributed by atoms with Gasteiger partial charge in [0.15, 0.2) is 6.61 Å². The second-order valence-corrected chi connectivity index (χ2v) is 3.95. The first-order valence-electron chi connectivity index (χ1n) is 5.42. The Kier molecular flexibility index (Phi) is 5.94. The number of rotatable bonds is 5. The molecule has 1 rings (SSSR count). The lowest BCUT2D eigenvalue weighted by atomic mass is 10.2. The number of benzene rings is 1. The molecule has 0 saturated heterocycles. The molecule has 0 spiro atoms. The fraction of sp³-hybridized carbons (Fsp3) is 0.231. The van der Waals surface area contributed by atoms with E-state index in [1.807, 2.05) is 12.1 Å². The molecule has 0 aliphatic rings. The van der Waals surface area contributed by atoms with E-state index in [1.165, 1.54) is 6.08 Å². The summed E-state index contributed by atoms with van der Waals surface area (Å²) in [6.45, 7) is 1.79. The van der Waals surface area contributed by atoms with E-state index < -0.39 is 5.97 Å². The molecule has 0 atom stereocenters. The molecule has 0 aliphatic heterocycles. The van der Waals surface area contributed by atoms with Gasteiger partial charge in [0, 0.05) is 17.6 Å². The summed E-state index contributed by atoms with van der Waals surface area (Å²) < 4.78 is 4.69. The van der Waals surface area contributed by atoms with Gasteiger partial charge in [-0.05, 0) is 24.6 Å². The van der Waals surface area contributed by atoms with Crippen LogP contribution in [0, 0.1) is 0 Å². The molecule has 1 N–H and O–H groups in total. The Morgan fingerprint density at radius 2 is 2.00 bits per heavy atom. The van der Waals surface area contributed by atoms with E-state index in [0.717, 1.165) is 5.56 Å². The molecule has 0 unspecified atom stereocenters. The molecule has 1 aromatic carbocycles. The van der Waals surface area contributed by atoms with E-state index in [1.54, 1.807) is 25.1 Å². The van der Waals surface area contributed by atoms with Gasteiger partial charge < -0.3 is 10.1 Å². The lowest BCUT2D eigenvalue weighted by molar-refractivity contribution is -0.143. The second kappa shape index (κ2) is 7.50. The zero-order valence-electron chi connectivity index (χ0n) is 9.98. The fourth-order valence-electron chi connectivity index (χ4n) is 1.17. The predicted octanol–water partition coefficient (Wildman–Crippen LogP) is 2.08. The Morgan fingerprint density at radius 1 is 1.33 bits per heavy atom. The highest BCUT2D eigenvalue weighted by atomic mass is 35.5. The first kappa shape index (κ1) is 14.3. The Morgan fingerprint density at radius 3 is 2.61 bits per heavy atom. The van der Waals surface area contributed by atoms with Crippen LogP contribution < -0.4 is 5.32 Å². The highest BCUT2D eigenvalue weighted by Crippen LogP contribution is 2.08. The maximum Gasteiger partial charge on any atom is 0.330 e. The van der Waals surface area contributed by atoms with E-state index in [4.69, 9.17) is 16.3 Å². The first-order chi connectivity index (χ1) is 8.61. The standard InChI is InChI=1S/C13H14ClNO3/c1-2-3-13(17)18-9-12(16)15-8-10-4-6-11(14)7-5-10/h2-7H,8-9H2,1H3,(H,15,16). The number of allylic oxidation sites excluding steroid dienone is 1. The van der Waals surface area contributed by atoms with Crippen molar-refractivity contribution in [3.63, 3.8) is 0 Å². The minimum absolute atomic E-state index is 0.281. The van der Waals surface area contributed by atoms with Gasteiger partial charge in [-0.2, -0.15) is 0 Å². The SMILES string of the molecule is CC=CC(=O)OCC(=O)NCc1ccc(Cl)cc1. The van der Waals surface area contributed by atoms with Crippen LogP contribution in [0.3, 0.4) is 0 Å². The minimum atomic E-state index is -0.529. The van der Waals surface area contributed by atoms with E-state index >= 15 is 0 Å². The average molecular weight is 268 g/mol. The smallest absolute Gasteiger partial charge is 0.330 e. The number of hydrogen-bond acceptors (Lipinski definition) is 3. The molecule has 0 heterocycles. The third-order valence-electron chi connectivity index (χ3n) is 2.05. The number of amides is 1. The number of carbonyl (C=O) groups is 2. The summed E-state index contributed by atoms with van der Waals surface area (Å²) in [5.74, 6) is -0.873. The number of esters is 1. The van der Waals surface area contributed by atoms with Crippen molar-refractivity contribution in [2.75, 3.05) is 6.61 Å². The van der Waals surface area contributed by atoms with Crippen molar-refractivity contribution in [3.8, 4) is 0 Å². The second-order valence-electron chi connectivity index (χ2n) is 3.51. The third-order valence-corrected chi connectivity index (χ3v) is 2.30. The number of hydrogen-bond donors (Lipinski definition) is 1. The highest BCUT2D eigenvalue weighted by Gasteiger charge is 2.04. The van der Waals surface area contributed by atoms with Gasteiger partial charge in [-0.15, -0.1) is 0 Å². The van der Waals surface area contributed by atoms with E-state index in [0.29, 0.717) is 11.6 Å². The summed E-state index contributed by atoms with van der Waals surface area (Å²) in [5.41, 5.74) is 0.924. The molecular weight excluding hydrogens is 254 g/mol. The van der Waals surface area contributed by atoms with Crippen molar-refractivity contribution < 1.29 is 14.3 Å².